The first kappa shape index (κ1) is 16.3. The molecule has 110 valence electrons. The van der Waals surface area contributed by atoms with Crippen LogP contribution in [0.2, 0.25) is 0 Å². The Morgan fingerprint density at radius 2 is 1.90 bits per heavy atom. The van der Waals surface area contributed by atoms with Crippen molar-refractivity contribution >= 4 is 28.9 Å². The zero-order chi connectivity index (χ0) is 15.3. The second kappa shape index (κ2) is 7.14. The third kappa shape index (κ3) is 3.63. The highest BCUT2D eigenvalue weighted by molar-refractivity contribution is 7.80. The Bertz CT molecular complexity index is 514. The molecule has 0 aliphatic carbocycles. The minimum atomic E-state index is 0.00363. The van der Waals surface area contributed by atoms with Gasteiger partial charge in [0.25, 0.3) is 0 Å². The fourth-order valence-corrected chi connectivity index (χ4v) is 2.13. The predicted octanol–water partition coefficient (Wildman–Crippen LogP) is 1.01. The van der Waals surface area contributed by atoms with Crippen LogP contribution in [0.15, 0.2) is 0 Å². The molecule has 0 unspecified atom stereocenters. The lowest BCUT2D eigenvalue weighted by Gasteiger charge is -2.19. The number of nitrogens with two attached hydrogens (primary N) is 1. The third-order valence-electron chi connectivity index (χ3n) is 3.22. The highest BCUT2D eigenvalue weighted by atomic mass is 32.1. The molecular formula is C13H21N5OS. The summed E-state index contributed by atoms with van der Waals surface area (Å²) in [6, 6.07) is 0. The summed E-state index contributed by atoms with van der Waals surface area (Å²) in [6.07, 6.45) is 0. The average molecular weight is 295 g/mol. The van der Waals surface area contributed by atoms with Gasteiger partial charge in [-0.1, -0.05) is 12.2 Å². The molecule has 0 aromatic carbocycles. The zero-order valence-corrected chi connectivity index (χ0v) is 13.2. The van der Waals surface area contributed by atoms with E-state index in [0.717, 1.165) is 11.3 Å². The molecule has 0 bridgehead atoms. The summed E-state index contributed by atoms with van der Waals surface area (Å²) in [5, 5.41) is 11.1. The number of hydrogen-bond acceptors (Lipinski definition) is 5. The molecule has 0 saturated heterocycles. The normalized spacial score (nSPS) is 10.2. The largest absolute Gasteiger partial charge is 0.389 e. The molecule has 0 saturated carbocycles. The number of aryl methyl sites for hydroxylation is 1. The molecule has 0 fully saturated rings. The lowest BCUT2D eigenvalue weighted by molar-refractivity contribution is -0.128. The smallest absolute Gasteiger partial charge is 0.241 e. The van der Waals surface area contributed by atoms with Crippen LogP contribution in [0, 0.1) is 13.8 Å². The van der Waals surface area contributed by atoms with Gasteiger partial charge in [0.15, 0.2) is 5.82 Å². The van der Waals surface area contributed by atoms with Gasteiger partial charge in [-0.2, -0.15) is 5.10 Å². The summed E-state index contributed by atoms with van der Waals surface area (Å²) < 4.78 is 0. The fourth-order valence-electron chi connectivity index (χ4n) is 1.88. The fraction of sp³-hybridized carbons (Fsp3) is 0.538. The van der Waals surface area contributed by atoms with E-state index < -0.39 is 0 Å². The van der Waals surface area contributed by atoms with E-state index in [1.54, 1.807) is 4.90 Å². The summed E-state index contributed by atoms with van der Waals surface area (Å²) in [4.78, 5) is 13.9. The average Bonchev–Trinajstić information content (AvgIpc) is 2.41. The molecule has 20 heavy (non-hydrogen) atoms. The Kier molecular flexibility index (Phi) is 5.82. The number of carbonyl (C=O) groups excluding carboxylic acids is 1. The van der Waals surface area contributed by atoms with E-state index in [4.69, 9.17) is 18.0 Å². The number of aromatic nitrogens is 2. The Morgan fingerprint density at radius 1 is 1.30 bits per heavy atom. The van der Waals surface area contributed by atoms with Gasteiger partial charge >= 0.3 is 0 Å². The van der Waals surface area contributed by atoms with Crippen molar-refractivity contribution in [2.75, 3.05) is 25.0 Å². The van der Waals surface area contributed by atoms with E-state index in [0.29, 0.717) is 24.5 Å². The van der Waals surface area contributed by atoms with E-state index in [2.05, 4.69) is 15.5 Å². The molecule has 6 nitrogen and oxygen atoms in total. The number of nitrogens with one attached hydrogen (secondary N) is 1. The number of likely N-dealkylation sites (N-methyl/N-ethyl adjacent to an activating group) is 1. The Hall–Kier alpha value is -1.76. The van der Waals surface area contributed by atoms with E-state index in [9.17, 15) is 4.79 Å². The molecule has 7 heteroatoms. The van der Waals surface area contributed by atoms with Crippen LogP contribution in [0.25, 0.3) is 0 Å². The van der Waals surface area contributed by atoms with Crippen LogP contribution < -0.4 is 11.1 Å². The van der Waals surface area contributed by atoms with Gasteiger partial charge < -0.3 is 16.0 Å². The van der Waals surface area contributed by atoms with E-state index in [-0.39, 0.29) is 17.4 Å². The molecule has 1 rings (SSSR count). The molecule has 1 aromatic rings. The molecule has 1 aromatic heterocycles. The SMILES string of the molecule is CCN(CC)C(=O)CNc1nnc(C)c(C)c1C(N)=S. The summed E-state index contributed by atoms with van der Waals surface area (Å²) in [5.41, 5.74) is 8.04. The van der Waals surface area contributed by atoms with Gasteiger partial charge in [0.2, 0.25) is 5.91 Å². The molecule has 0 spiro atoms. The number of hydrogen-bond donors (Lipinski definition) is 2. The van der Waals surface area contributed by atoms with Crippen LogP contribution in [-0.4, -0.2) is 45.6 Å². The van der Waals surface area contributed by atoms with Crippen LogP contribution >= 0.6 is 12.2 Å². The number of amides is 1. The van der Waals surface area contributed by atoms with Gasteiger partial charge in [0, 0.05) is 13.1 Å². The topological polar surface area (TPSA) is 84.1 Å². The summed E-state index contributed by atoms with van der Waals surface area (Å²) in [6.45, 7) is 9.12. The summed E-state index contributed by atoms with van der Waals surface area (Å²) in [7, 11) is 0. The van der Waals surface area contributed by atoms with E-state index in [1.165, 1.54) is 0 Å². The monoisotopic (exact) mass is 295 g/mol. The summed E-state index contributed by atoms with van der Waals surface area (Å²) in [5.74, 6) is 0.463. The van der Waals surface area contributed by atoms with Gasteiger partial charge in [-0.3, -0.25) is 4.79 Å². The van der Waals surface area contributed by atoms with Crippen LogP contribution in [0.5, 0.6) is 0 Å². The molecule has 0 aliphatic heterocycles. The van der Waals surface area contributed by atoms with Crippen molar-refractivity contribution in [3.05, 3.63) is 16.8 Å². The van der Waals surface area contributed by atoms with Gasteiger partial charge in [-0.05, 0) is 33.3 Å². The lowest BCUT2D eigenvalue weighted by Crippen LogP contribution is -2.35. The maximum Gasteiger partial charge on any atom is 0.241 e. The van der Waals surface area contributed by atoms with Gasteiger partial charge in [0.1, 0.15) is 4.99 Å². The molecule has 1 heterocycles. The van der Waals surface area contributed by atoms with Gasteiger partial charge in [-0.25, -0.2) is 0 Å². The minimum Gasteiger partial charge on any atom is -0.389 e. The lowest BCUT2D eigenvalue weighted by atomic mass is 10.1. The number of nitrogens with zero attached hydrogens (tertiary/aromatic N) is 3. The molecular weight excluding hydrogens is 274 g/mol. The second-order valence-electron chi connectivity index (χ2n) is 4.42. The quantitative estimate of drug-likeness (QED) is 0.762. The maximum atomic E-state index is 12.0. The Labute approximate surface area is 124 Å². The van der Waals surface area contributed by atoms with Crippen LogP contribution in [-0.2, 0) is 4.79 Å². The first-order valence-corrected chi connectivity index (χ1v) is 6.98. The van der Waals surface area contributed by atoms with Crippen LogP contribution in [0.3, 0.4) is 0 Å². The van der Waals surface area contributed by atoms with Crippen molar-refractivity contribution < 1.29 is 4.79 Å². The third-order valence-corrected chi connectivity index (χ3v) is 3.43. The molecule has 0 atom stereocenters. The molecule has 3 N–H and O–H groups in total. The number of carbonyl (C=O) groups is 1. The van der Waals surface area contributed by atoms with Crippen molar-refractivity contribution in [3.8, 4) is 0 Å². The standard InChI is InChI=1S/C13H21N5OS/c1-5-18(6-2)10(19)7-15-13-11(12(14)20)8(3)9(4)16-17-13/h5-7H2,1-4H3,(H2,14,20)(H,15,17). The molecule has 0 aliphatic rings. The van der Waals surface area contributed by atoms with Gasteiger partial charge in [0.05, 0.1) is 17.8 Å². The summed E-state index contributed by atoms with van der Waals surface area (Å²) >= 11 is 5.05. The number of thiocarbonyl (C=S) groups is 1. The van der Waals surface area contributed by atoms with Crippen LogP contribution in [0.1, 0.15) is 30.7 Å². The van der Waals surface area contributed by atoms with Crippen molar-refractivity contribution in [2.45, 2.75) is 27.7 Å². The Balaban J connectivity index is 2.91. The van der Waals surface area contributed by atoms with E-state index >= 15 is 0 Å². The number of anilines is 1. The van der Waals surface area contributed by atoms with Crippen molar-refractivity contribution in [3.63, 3.8) is 0 Å². The highest BCUT2D eigenvalue weighted by Gasteiger charge is 2.15. The first-order chi connectivity index (χ1) is 9.42. The van der Waals surface area contributed by atoms with Crippen molar-refractivity contribution in [1.82, 2.24) is 15.1 Å². The van der Waals surface area contributed by atoms with Gasteiger partial charge in [-0.15, -0.1) is 5.10 Å². The van der Waals surface area contributed by atoms with Crippen LogP contribution in [0.4, 0.5) is 5.82 Å². The van der Waals surface area contributed by atoms with Crippen molar-refractivity contribution in [2.24, 2.45) is 5.73 Å². The van der Waals surface area contributed by atoms with Crippen molar-refractivity contribution in [1.29, 1.82) is 0 Å². The van der Waals surface area contributed by atoms with E-state index in [1.807, 2.05) is 27.7 Å². The molecule has 1 amide bonds. The minimum absolute atomic E-state index is 0.00363. The zero-order valence-electron chi connectivity index (χ0n) is 12.4. The first-order valence-electron chi connectivity index (χ1n) is 6.57. The maximum absolute atomic E-state index is 12.0. The second-order valence-corrected chi connectivity index (χ2v) is 4.86. The number of rotatable bonds is 6. The highest BCUT2D eigenvalue weighted by Crippen LogP contribution is 2.18. The Morgan fingerprint density at radius 3 is 2.40 bits per heavy atom. The predicted molar refractivity (Wildman–Crippen MR) is 83.8 cm³/mol. The molecule has 0 radical (unpaired) electrons.